The molecule has 0 aliphatic heterocycles. The maximum Gasteiger partial charge on any atom is 0.253 e. The molecule has 0 aromatic heterocycles. The Morgan fingerprint density at radius 1 is 1.37 bits per heavy atom. The summed E-state index contributed by atoms with van der Waals surface area (Å²) < 4.78 is 0. The molecule has 1 unspecified atom stereocenters. The molecule has 19 heavy (non-hydrogen) atoms. The van der Waals surface area contributed by atoms with Crippen LogP contribution in [-0.4, -0.2) is 24.3 Å². The van der Waals surface area contributed by atoms with Gasteiger partial charge in [0.25, 0.3) is 5.91 Å². The van der Waals surface area contributed by atoms with Crippen molar-refractivity contribution in [1.29, 1.82) is 0 Å². The van der Waals surface area contributed by atoms with Crippen LogP contribution in [0.3, 0.4) is 0 Å². The Hall–Kier alpha value is -2.37. The highest BCUT2D eigenvalue weighted by atomic mass is 16.2. The van der Waals surface area contributed by atoms with Gasteiger partial charge >= 0.3 is 0 Å². The average molecular weight is 263 g/mol. The van der Waals surface area contributed by atoms with Crippen LogP contribution in [0.25, 0.3) is 0 Å². The predicted octanol–water partition coefficient (Wildman–Crippen LogP) is 0.440. The first kappa shape index (κ1) is 14.7. The maximum absolute atomic E-state index is 11.9. The van der Waals surface area contributed by atoms with Crippen molar-refractivity contribution in [3.63, 3.8) is 0 Å². The van der Waals surface area contributed by atoms with Crippen molar-refractivity contribution < 1.29 is 14.4 Å². The van der Waals surface area contributed by atoms with E-state index in [0.717, 1.165) is 0 Å². The molecule has 1 aromatic carbocycles. The van der Waals surface area contributed by atoms with Crippen molar-refractivity contribution in [2.45, 2.75) is 25.8 Å². The van der Waals surface area contributed by atoms with Gasteiger partial charge in [0.1, 0.15) is 0 Å². The van der Waals surface area contributed by atoms with Crippen LogP contribution in [0.1, 0.15) is 30.1 Å². The number of rotatable bonds is 6. The highest BCUT2D eigenvalue weighted by Crippen LogP contribution is 2.10. The number of hydrogen-bond acceptors (Lipinski definition) is 4. The van der Waals surface area contributed by atoms with Crippen molar-refractivity contribution in [1.82, 2.24) is 10.6 Å². The molecular weight excluding hydrogens is 246 g/mol. The predicted molar refractivity (Wildman–Crippen MR) is 71.2 cm³/mol. The van der Waals surface area contributed by atoms with E-state index in [4.69, 9.17) is 5.73 Å². The summed E-state index contributed by atoms with van der Waals surface area (Å²) in [4.78, 5) is 33.0. The number of benzene rings is 1. The van der Waals surface area contributed by atoms with Crippen LogP contribution in [-0.2, 0) is 9.59 Å². The van der Waals surface area contributed by atoms with E-state index in [0.29, 0.717) is 24.1 Å². The fraction of sp³-hybridized carbons (Fsp3) is 0.308. The van der Waals surface area contributed by atoms with Gasteiger partial charge in [0.05, 0.1) is 5.56 Å². The summed E-state index contributed by atoms with van der Waals surface area (Å²) in [6.07, 6.45) is 0.957. The van der Waals surface area contributed by atoms with E-state index in [2.05, 4.69) is 5.32 Å². The van der Waals surface area contributed by atoms with Gasteiger partial charge < -0.3 is 11.1 Å². The van der Waals surface area contributed by atoms with Crippen LogP contribution in [0.2, 0.25) is 0 Å². The molecule has 102 valence electrons. The highest BCUT2D eigenvalue weighted by Gasteiger charge is 2.13. The van der Waals surface area contributed by atoms with Gasteiger partial charge in [-0.1, -0.05) is 12.1 Å². The van der Waals surface area contributed by atoms with Gasteiger partial charge in [-0.15, -0.1) is 0 Å². The number of carbonyl (C=O) groups is 3. The second kappa shape index (κ2) is 7.15. The minimum atomic E-state index is -0.365. The monoisotopic (exact) mass is 263 g/mol. The molecule has 0 bridgehead atoms. The zero-order valence-electron chi connectivity index (χ0n) is 10.7. The minimum Gasteiger partial charge on any atom is -0.398 e. The third kappa shape index (κ3) is 4.79. The van der Waals surface area contributed by atoms with Gasteiger partial charge in [0.2, 0.25) is 12.3 Å². The molecule has 0 saturated carbocycles. The second-order valence-corrected chi connectivity index (χ2v) is 4.19. The lowest BCUT2D eigenvalue weighted by atomic mass is 10.1. The first-order valence-electron chi connectivity index (χ1n) is 5.93. The van der Waals surface area contributed by atoms with Gasteiger partial charge in [-0.25, -0.2) is 0 Å². The normalized spacial score (nSPS) is 11.4. The standard InChI is InChI=1S/C13H17N3O3/c1-9(6-7-12(18)15-8-17)16-13(19)10-4-2-3-5-11(10)14/h2-5,8-9H,6-7,14H2,1H3,(H,16,19)(H,15,17,18). The Morgan fingerprint density at radius 3 is 2.68 bits per heavy atom. The zero-order chi connectivity index (χ0) is 14.3. The lowest BCUT2D eigenvalue weighted by molar-refractivity contribution is -0.125. The molecule has 1 rings (SSSR count). The number of nitrogens with one attached hydrogen (secondary N) is 2. The molecule has 3 amide bonds. The summed E-state index contributed by atoms with van der Waals surface area (Å²) in [6.45, 7) is 1.78. The van der Waals surface area contributed by atoms with Crippen LogP contribution < -0.4 is 16.4 Å². The zero-order valence-corrected chi connectivity index (χ0v) is 10.7. The van der Waals surface area contributed by atoms with E-state index in [-0.39, 0.29) is 24.3 Å². The molecule has 0 saturated heterocycles. The number of carbonyl (C=O) groups excluding carboxylic acids is 3. The molecule has 0 fully saturated rings. The van der Waals surface area contributed by atoms with E-state index >= 15 is 0 Å². The van der Waals surface area contributed by atoms with Gasteiger partial charge in [-0.05, 0) is 25.5 Å². The molecule has 1 atom stereocenters. The number of imide groups is 1. The molecule has 4 N–H and O–H groups in total. The van der Waals surface area contributed by atoms with Crippen molar-refractivity contribution in [2.75, 3.05) is 5.73 Å². The van der Waals surface area contributed by atoms with Gasteiger partial charge in [-0.2, -0.15) is 0 Å². The lowest BCUT2D eigenvalue weighted by Crippen LogP contribution is -2.34. The molecular formula is C13H17N3O3. The second-order valence-electron chi connectivity index (χ2n) is 4.19. The first-order chi connectivity index (χ1) is 9.04. The van der Waals surface area contributed by atoms with E-state index < -0.39 is 0 Å². The quantitative estimate of drug-likeness (QED) is 0.512. The lowest BCUT2D eigenvalue weighted by Gasteiger charge is -2.14. The number of anilines is 1. The number of nitrogens with two attached hydrogens (primary N) is 1. The molecule has 6 heteroatoms. The maximum atomic E-state index is 11.9. The molecule has 1 aromatic rings. The van der Waals surface area contributed by atoms with Crippen LogP contribution in [0.5, 0.6) is 0 Å². The highest BCUT2D eigenvalue weighted by molar-refractivity contribution is 5.99. The van der Waals surface area contributed by atoms with Crippen LogP contribution >= 0.6 is 0 Å². The average Bonchev–Trinajstić information content (AvgIpc) is 2.37. The van der Waals surface area contributed by atoms with Gasteiger partial charge in [-0.3, -0.25) is 19.7 Å². The Morgan fingerprint density at radius 2 is 2.05 bits per heavy atom. The number of para-hydroxylation sites is 1. The fourth-order valence-corrected chi connectivity index (χ4v) is 1.56. The van der Waals surface area contributed by atoms with E-state index in [1.165, 1.54) is 0 Å². The molecule has 0 heterocycles. The molecule has 0 spiro atoms. The Bertz CT molecular complexity index is 474. The largest absolute Gasteiger partial charge is 0.398 e. The Balaban J connectivity index is 2.46. The Kier molecular flexibility index (Phi) is 5.53. The summed E-state index contributed by atoms with van der Waals surface area (Å²) in [7, 11) is 0. The van der Waals surface area contributed by atoms with E-state index in [9.17, 15) is 14.4 Å². The van der Waals surface area contributed by atoms with Crippen molar-refractivity contribution >= 4 is 23.9 Å². The van der Waals surface area contributed by atoms with E-state index in [1.807, 2.05) is 5.32 Å². The summed E-state index contributed by atoms with van der Waals surface area (Å²) in [6, 6.07) is 6.57. The fourth-order valence-electron chi connectivity index (χ4n) is 1.56. The van der Waals surface area contributed by atoms with Gasteiger partial charge in [0.15, 0.2) is 0 Å². The third-order valence-corrected chi connectivity index (χ3v) is 2.61. The third-order valence-electron chi connectivity index (χ3n) is 2.61. The van der Waals surface area contributed by atoms with Crippen molar-refractivity contribution in [3.05, 3.63) is 29.8 Å². The molecule has 0 radical (unpaired) electrons. The number of amides is 3. The summed E-state index contributed by atoms with van der Waals surface area (Å²) in [5, 5.41) is 4.79. The summed E-state index contributed by atoms with van der Waals surface area (Å²) >= 11 is 0. The smallest absolute Gasteiger partial charge is 0.253 e. The molecule has 0 aliphatic rings. The summed E-state index contributed by atoms with van der Waals surface area (Å²) in [5.41, 5.74) is 6.51. The van der Waals surface area contributed by atoms with Crippen LogP contribution in [0.4, 0.5) is 5.69 Å². The first-order valence-corrected chi connectivity index (χ1v) is 5.93. The van der Waals surface area contributed by atoms with Crippen molar-refractivity contribution in [2.24, 2.45) is 0 Å². The van der Waals surface area contributed by atoms with E-state index in [1.54, 1.807) is 31.2 Å². The SMILES string of the molecule is CC(CCC(=O)NC=O)NC(=O)c1ccccc1N. The summed E-state index contributed by atoms with van der Waals surface area (Å²) in [5.74, 6) is -0.642. The molecule has 6 nitrogen and oxygen atoms in total. The van der Waals surface area contributed by atoms with Crippen molar-refractivity contribution in [3.8, 4) is 0 Å². The van der Waals surface area contributed by atoms with Gasteiger partial charge in [0, 0.05) is 18.2 Å². The number of nitrogen functional groups attached to an aromatic ring is 1. The van der Waals surface area contributed by atoms with Crippen LogP contribution in [0.15, 0.2) is 24.3 Å². The minimum absolute atomic E-state index is 0.171. The molecule has 0 aliphatic carbocycles. The number of hydrogen-bond donors (Lipinski definition) is 3. The van der Waals surface area contributed by atoms with Crippen LogP contribution in [0, 0.1) is 0 Å². The topological polar surface area (TPSA) is 101 Å². The Labute approximate surface area is 111 Å².